The molecule has 0 saturated heterocycles. The summed E-state index contributed by atoms with van der Waals surface area (Å²) in [5.74, 6) is -0.169. The van der Waals surface area contributed by atoms with Gasteiger partial charge in [0.05, 0.1) is 11.7 Å². The molecule has 1 atom stereocenters. The molecule has 1 unspecified atom stereocenters. The van der Waals surface area contributed by atoms with Crippen LogP contribution in [0.5, 0.6) is 0 Å². The van der Waals surface area contributed by atoms with Crippen molar-refractivity contribution in [2.75, 3.05) is 5.32 Å². The molecule has 16 heavy (non-hydrogen) atoms. The van der Waals surface area contributed by atoms with E-state index in [2.05, 4.69) is 31.1 Å². The normalized spacial score (nSPS) is 13.6. The maximum absolute atomic E-state index is 11.5. The van der Waals surface area contributed by atoms with Crippen molar-refractivity contribution < 1.29 is 4.79 Å². The van der Waals surface area contributed by atoms with Crippen LogP contribution in [-0.4, -0.2) is 16.9 Å². The molecule has 0 spiro atoms. The number of hydrogen-bond donors (Lipinski definition) is 2. The lowest BCUT2D eigenvalue weighted by molar-refractivity contribution is -0.117. The molecule has 0 radical (unpaired) electrons. The average Bonchev–Trinajstić information content (AvgIpc) is 2.64. The van der Waals surface area contributed by atoms with Gasteiger partial charge in [-0.05, 0) is 6.42 Å². The molecule has 5 heteroatoms. The summed E-state index contributed by atoms with van der Waals surface area (Å²) in [7, 11) is 0. The molecule has 90 valence electrons. The van der Waals surface area contributed by atoms with Crippen LogP contribution in [0.25, 0.3) is 0 Å². The first-order valence-corrected chi connectivity index (χ1v) is 6.25. The van der Waals surface area contributed by atoms with E-state index >= 15 is 0 Å². The van der Waals surface area contributed by atoms with E-state index in [1.165, 1.54) is 11.3 Å². The number of thiazole rings is 1. The minimum absolute atomic E-state index is 0.00630. The van der Waals surface area contributed by atoms with Gasteiger partial charge in [0.2, 0.25) is 5.91 Å². The summed E-state index contributed by atoms with van der Waals surface area (Å²) < 4.78 is 0. The third-order valence-electron chi connectivity index (χ3n) is 2.28. The molecule has 0 bridgehead atoms. The number of nitrogens with zero attached hydrogens (tertiary/aromatic N) is 1. The fraction of sp³-hybridized carbons (Fsp3) is 0.636. The lowest BCUT2D eigenvalue weighted by Crippen LogP contribution is -2.34. The van der Waals surface area contributed by atoms with Gasteiger partial charge in [0, 0.05) is 10.8 Å². The standard InChI is InChI=1S/C11H19N3OS/c1-5-7(12)9(15)14-10-13-8(6-16-10)11(2,3)4/h6-7H,5,12H2,1-4H3,(H,13,14,15). The summed E-state index contributed by atoms with van der Waals surface area (Å²) in [5, 5.41) is 5.32. The van der Waals surface area contributed by atoms with E-state index in [4.69, 9.17) is 5.73 Å². The molecule has 4 nitrogen and oxygen atoms in total. The van der Waals surface area contributed by atoms with Crippen molar-refractivity contribution in [3.63, 3.8) is 0 Å². The molecular weight excluding hydrogens is 222 g/mol. The number of carbonyl (C=O) groups excluding carboxylic acids is 1. The number of rotatable bonds is 3. The Balaban J connectivity index is 2.70. The fourth-order valence-electron chi connectivity index (χ4n) is 1.06. The van der Waals surface area contributed by atoms with Crippen LogP contribution in [-0.2, 0) is 10.2 Å². The van der Waals surface area contributed by atoms with Crippen LogP contribution in [0.3, 0.4) is 0 Å². The number of anilines is 1. The Hall–Kier alpha value is -0.940. The number of carbonyl (C=O) groups is 1. The molecule has 0 aromatic carbocycles. The van der Waals surface area contributed by atoms with Crippen LogP contribution in [0.1, 0.15) is 39.8 Å². The van der Waals surface area contributed by atoms with Gasteiger partial charge in [-0.15, -0.1) is 11.3 Å². The first-order valence-electron chi connectivity index (χ1n) is 5.37. The molecule has 3 N–H and O–H groups in total. The third kappa shape index (κ3) is 3.28. The van der Waals surface area contributed by atoms with Crippen LogP contribution in [0.4, 0.5) is 5.13 Å². The first-order chi connectivity index (χ1) is 7.34. The van der Waals surface area contributed by atoms with Crippen molar-refractivity contribution >= 4 is 22.4 Å². The SMILES string of the molecule is CCC(N)C(=O)Nc1nc(C(C)(C)C)cs1. The van der Waals surface area contributed by atoms with Crippen LogP contribution >= 0.6 is 11.3 Å². The van der Waals surface area contributed by atoms with Crippen molar-refractivity contribution in [2.24, 2.45) is 5.73 Å². The Morgan fingerprint density at radius 2 is 2.25 bits per heavy atom. The third-order valence-corrected chi connectivity index (χ3v) is 3.04. The van der Waals surface area contributed by atoms with Crippen LogP contribution < -0.4 is 11.1 Å². The van der Waals surface area contributed by atoms with Gasteiger partial charge in [0.15, 0.2) is 5.13 Å². The van der Waals surface area contributed by atoms with Crippen molar-refractivity contribution in [3.8, 4) is 0 Å². The van der Waals surface area contributed by atoms with Crippen LogP contribution in [0, 0.1) is 0 Å². The highest BCUT2D eigenvalue weighted by Crippen LogP contribution is 2.26. The molecule has 0 saturated carbocycles. The van der Waals surface area contributed by atoms with Gasteiger partial charge in [0.1, 0.15) is 0 Å². The molecule has 1 heterocycles. The molecule has 0 aliphatic carbocycles. The molecular formula is C11H19N3OS. The average molecular weight is 241 g/mol. The molecule has 1 aromatic rings. The number of nitrogens with one attached hydrogen (secondary N) is 1. The Labute approximate surface area is 100 Å². The summed E-state index contributed by atoms with van der Waals surface area (Å²) in [5.41, 5.74) is 6.61. The second kappa shape index (κ2) is 4.93. The quantitative estimate of drug-likeness (QED) is 0.851. The van der Waals surface area contributed by atoms with Gasteiger partial charge in [0.25, 0.3) is 0 Å². The summed E-state index contributed by atoms with van der Waals surface area (Å²) in [6.07, 6.45) is 0.628. The van der Waals surface area contributed by atoms with Gasteiger partial charge in [-0.1, -0.05) is 27.7 Å². The van der Waals surface area contributed by atoms with Gasteiger partial charge >= 0.3 is 0 Å². The Morgan fingerprint density at radius 3 is 2.69 bits per heavy atom. The van der Waals surface area contributed by atoms with E-state index in [1.807, 2.05) is 12.3 Å². The number of aromatic nitrogens is 1. The highest BCUT2D eigenvalue weighted by atomic mass is 32.1. The number of amides is 1. The van der Waals surface area contributed by atoms with Crippen LogP contribution in [0.15, 0.2) is 5.38 Å². The summed E-state index contributed by atoms with van der Waals surface area (Å²) in [4.78, 5) is 15.9. The summed E-state index contributed by atoms with van der Waals surface area (Å²) in [6, 6.07) is -0.456. The topological polar surface area (TPSA) is 68.0 Å². The highest BCUT2D eigenvalue weighted by molar-refractivity contribution is 7.13. The Bertz CT molecular complexity index is 368. The van der Waals surface area contributed by atoms with Gasteiger partial charge in [-0.25, -0.2) is 4.98 Å². The van der Waals surface area contributed by atoms with E-state index in [-0.39, 0.29) is 11.3 Å². The summed E-state index contributed by atoms with van der Waals surface area (Å²) in [6.45, 7) is 8.15. The highest BCUT2D eigenvalue weighted by Gasteiger charge is 2.19. The molecule has 0 fully saturated rings. The molecule has 0 aliphatic rings. The summed E-state index contributed by atoms with van der Waals surface area (Å²) >= 11 is 1.43. The van der Waals surface area contributed by atoms with Gasteiger partial charge in [-0.3, -0.25) is 4.79 Å². The molecule has 1 aromatic heterocycles. The van der Waals surface area contributed by atoms with E-state index in [1.54, 1.807) is 0 Å². The van der Waals surface area contributed by atoms with E-state index in [0.29, 0.717) is 11.6 Å². The van der Waals surface area contributed by atoms with E-state index < -0.39 is 6.04 Å². The first kappa shape index (κ1) is 13.1. The smallest absolute Gasteiger partial charge is 0.243 e. The number of nitrogens with two attached hydrogens (primary N) is 1. The second-order valence-corrected chi connectivity index (χ2v) is 5.65. The van der Waals surface area contributed by atoms with Crippen LogP contribution in [0.2, 0.25) is 0 Å². The van der Waals surface area contributed by atoms with Gasteiger partial charge in [-0.2, -0.15) is 0 Å². The van der Waals surface area contributed by atoms with E-state index in [0.717, 1.165) is 5.69 Å². The second-order valence-electron chi connectivity index (χ2n) is 4.79. The fourth-order valence-corrected chi connectivity index (χ4v) is 2.00. The Kier molecular flexibility index (Phi) is 4.04. The maximum atomic E-state index is 11.5. The molecule has 0 aliphatic heterocycles. The van der Waals surface area contributed by atoms with Crippen molar-refractivity contribution in [2.45, 2.75) is 45.6 Å². The zero-order valence-electron chi connectivity index (χ0n) is 10.2. The monoisotopic (exact) mass is 241 g/mol. The van der Waals surface area contributed by atoms with Crippen molar-refractivity contribution in [3.05, 3.63) is 11.1 Å². The predicted molar refractivity (Wildman–Crippen MR) is 67.7 cm³/mol. The Morgan fingerprint density at radius 1 is 1.62 bits per heavy atom. The maximum Gasteiger partial charge on any atom is 0.243 e. The molecule has 1 amide bonds. The van der Waals surface area contributed by atoms with E-state index in [9.17, 15) is 4.79 Å². The minimum atomic E-state index is -0.456. The zero-order chi connectivity index (χ0) is 12.3. The lowest BCUT2D eigenvalue weighted by atomic mass is 9.93. The van der Waals surface area contributed by atoms with Crippen molar-refractivity contribution in [1.29, 1.82) is 0 Å². The largest absolute Gasteiger partial charge is 0.320 e. The molecule has 1 rings (SSSR count). The lowest BCUT2D eigenvalue weighted by Gasteiger charge is -2.14. The minimum Gasteiger partial charge on any atom is -0.320 e. The zero-order valence-corrected chi connectivity index (χ0v) is 11.0. The number of hydrogen-bond acceptors (Lipinski definition) is 4. The van der Waals surface area contributed by atoms with Crippen molar-refractivity contribution in [1.82, 2.24) is 4.98 Å². The predicted octanol–water partition coefficient (Wildman–Crippen LogP) is 2.12. The van der Waals surface area contributed by atoms with Gasteiger partial charge < -0.3 is 11.1 Å².